The average Bonchev–Trinajstić information content (AvgIpc) is 2.54. The van der Waals surface area contributed by atoms with E-state index in [1.165, 1.54) is 0 Å². The van der Waals surface area contributed by atoms with Crippen molar-refractivity contribution in [2.75, 3.05) is 6.61 Å². The molecule has 0 spiro atoms. The van der Waals surface area contributed by atoms with Crippen LogP contribution in [0.25, 0.3) is 5.57 Å². The molecule has 25 heavy (non-hydrogen) atoms. The molecule has 2 rings (SSSR count). The Hall–Kier alpha value is -1.69. The molecule has 134 valence electrons. The summed E-state index contributed by atoms with van der Waals surface area (Å²) in [5.74, 6) is 0. The molecule has 0 aromatic heterocycles. The van der Waals surface area contributed by atoms with Gasteiger partial charge in [0.05, 0.1) is 19.6 Å². The van der Waals surface area contributed by atoms with Gasteiger partial charge in [0.25, 0.3) is 10.1 Å². The van der Waals surface area contributed by atoms with Crippen LogP contribution in [-0.4, -0.2) is 23.1 Å². The molecular formula is C20H26O3SSi. The van der Waals surface area contributed by atoms with E-state index in [1.807, 2.05) is 25.1 Å². The minimum atomic E-state index is -3.71. The molecule has 0 unspecified atom stereocenters. The monoisotopic (exact) mass is 374 g/mol. The van der Waals surface area contributed by atoms with Gasteiger partial charge in [-0.2, -0.15) is 8.42 Å². The van der Waals surface area contributed by atoms with Crippen molar-refractivity contribution in [1.29, 1.82) is 0 Å². The van der Waals surface area contributed by atoms with Gasteiger partial charge in [-0.05, 0) is 36.6 Å². The Kier molecular flexibility index (Phi) is 6.38. The number of benzene rings is 2. The summed E-state index contributed by atoms with van der Waals surface area (Å²) >= 11 is 0. The third-order valence-corrected chi connectivity index (χ3v) is 6.21. The maximum Gasteiger partial charge on any atom is 0.296 e. The van der Waals surface area contributed by atoms with E-state index in [-0.39, 0.29) is 11.5 Å². The molecule has 5 heteroatoms. The van der Waals surface area contributed by atoms with Crippen LogP contribution < -0.4 is 0 Å². The molecule has 0 aliphatic carbocycles. The second-order valence-electron chi connectivity index (χ2n) is 7.24. The Morgan fingerprint density at radius 3 is 2.16 bits per heavy atom. The molecule has 2 aromatic rings. The van der Waals surface area contributed by atoms with Gasteiger partial charge in [-0.3, -0.25) is 4.18 Å². The molecule has 0 N–H and O–H groups in total. The van der Waals surface area contributed by atoms with Crippen LogP contribution in [0.5, 0.6) is 0 Å². The van der Waals surface area contributed by atoms with Crippen molar-refractivity contribution in [3.63, 3.8) is 0 Å². The molecule has 0 saturated carbocycles. The second kappa shape index (κ2) is 8.12. The first kappa shape index (κ1) is 19.6. The summed E-state index contributed by atoms with van der Waals surface area (Å²) in [6.07, 6.45) is 0.569. The predicted octanol–water partition coefficient (Wildman–Crippen LogP) is 5.05. The Morgan fingerprint density at radius 1 is 1.00 bits per heavy atom. The summed E-state index contributed by atoms with van der Waals surface area (Å²) in [4.78, 5) is 0.202. The Morgan fingerprint density at radius 2 is 1.60 bits per heavy atom. The first-order valence-corrected chi connectivity index (χ1v) is 13.4. The maximum absolute atomic E-state index is 12.3. The van der Waals surface area contributed by atoms with Crippen LogP contribution in [0.2, 0.25) is 19.6 Å². The van der Waals surface area contributed by atoms with Gasteiger partial charge >= 0.3 is 0 Å². The van der Waals surface area contributed by atoms with Crippen molar-refractivity contribution in [2.24, 2.45) is 0 Å². The predicted molar refractivity (Wildman–Crippen MR) is 107 cm³/mol. The highest BCUT2D eigenvalue weighted by Crippen LogP contribution is 2.23. The molecule has 0 atom stereocenters. The fraction of sp³-hybridized carbons (Fsp3) is 0.300. The highest BCUT2D eigenvalue weighted by molar-refractivity contribution is 7.86. The molecule has 3 nitrogen and oxygen atoms in total. The largest absolute Gasteiger partial charge is 0.296 e. The van der Waals surface area contributed by atoms with Crippen LogP contribution in [0.15, 0.2) is 65.2 Å². The van der Waals surface area contributed by atoms with Crippen LogP contribution in [0.3, 0.4) is 0 Å². The molecule has 0 fully saturated rings. The lowest BCUT2D eigenvalue weighted by Gasteiger charge is -2.15. The fourth-order valence-electron chi connectivity index (χ4n) is 2.51. The van der Waals surface area contributed by atoms with Crippen LogP contribution in [-0.2, 0) is 14.3 Å². The van der Waals surface area contributed by atoms with Crippen molar-refractivity contribution < 1.29 is 12.6 Å². The van der Waals surface area contributed by atoms with Crippen molar-refractivity contribution in [3.8, 4) is 0 Å². The summed E-state index contributed by atoms with van der Waals surface area (Å²) in [5.41, 5.74) is 5.60. The Labute approximate surface area is 152 Å². The third kappa shape index (κ3) is 6.27. The lowest BCUT2D eigenvalue weighted by molar-refractivity contribution is 0.326. The second-order valence-corrected chi connectivity index (χ2v) is 13.9. The summed E-state index contributed by atoms with van der Waals surface area (Å²) in [6.45, 7) is 8.85. The minimum absolute atomic E-state index is 0.140. The topological polar surface area (TPSA) is 43.4 Å². The Bertz CT molecular complexity index is 817. The summed E-state index contributed by atoms with van der Waals surface area (Å²) in [7, 11) is -5.15. The quantitative estimate of drug-likeness (QED) is 0.503. The number of hydrogen-bond acceptors (Lipinski definition) is 3. The van der Waals surface area contributed by atoms with Gasteiger partial charge in [0, 0.05) is 0 Å². The summed E-state index contributed by atoms with van der Waals surface area (Å²) < 4.78 is 29.9. The molecule has 0 bridgehead atoms. The lowest BCUT2D eigenvalue weighted by Crippen LogP contribution is -2.17. The first-order chi connectivity index (χ1) is 11.7. The molecule has 0 aliphatic heterocycles. The average molecular weight is 375 g/mol. The molecule has 2 aromatic carbocycles. The smallest absolute Gasteiger partial charge is 0.266 e. The molecule has 0 radical (unpaired) electrons. The van der Waals surface area contributed by atoms with Crippen LogP contribution in [0.4, 0.5) is 0 Å². The van der Waals surface area contributed by atoms with Crippen molar-refractivity contribution in [3.05, 3.63) is 71.4 Å². The summed E-state index contributed by atoms with van der Waals surface area (Å²) in [5, 5.41) is 0. The zero-order valence-corrected chi connectivity index (χ0v) is 17.1. The molecule has 0 heterocycles. The van der Waals surface area contributed by atoms with E-state index in [4.69, 9.17) is 4.18 Å². The van der Waals surface area contributed by atoms with Crippen LogP contribution in [0.1, 0.15) is 17.5 Å². The number of aryl methyl sites for hydroxylation is 1. The standard InChI is InChI=1S/C20H26O3SSi/c1-17-10-12-20(13-11-17)24(21,22)23-15-14-19(16-25(2,3)4)18-8-6-5-7-9-18/h5-13,16H,14-15H2,1-4H3/b19-16-. The third-order valence-electron chi connectivity index (χ3n) is 3.67. The van der Waals surface area contributed by atoms with Crippen LogP contribution in [0, 0.1) is 6.92 Å². The van der Waals surface area contributed by atoms with Gasteiger partial charge < -0.3 is 0 Å². The normalized spacial score (nSPS) is 13.0. The van der Waals surface area contributed by atoms with E-state index < -0.39 is 18.2 Å². The zero-order valence-electron chi connectivity index (χ0n) is 15.3. The molecular weight excluding hydrogens is 348 g/mol. The highest BCUT2D eigenvalue weighted by atomic mass is 32.2. The van der Waals surface area contributed by atoms with Gasteiger partial charge in [0.15, 0.2) is 0 Å². The van der Waals surface area contributed by atoms with Crippen LogP contribution >= 0.6 is 0 Å². The van der Waals surface area contributed by atoms with E-state index in [1.54, 1.807) is 24.3 Å². The Balaban J connectivity index is 2.11. The van der Waals surface area contributed by atoms with Gasteiger partial charge in [-0.25, -0.2) is 0 Å². The lowest BCUT2D eigenvalue weighted by atomic mass is 10.1. The minimum Gasteiger partial charge on any atom is -0.266 e. The molecule has 0 saturated heterocycles. The van der Waals surface area contributed by atoms with Crippen molar-refractivity contribution in [1.82, 2.24) is 0 Å². The zero-order chi connectivity index (χ0) is 18.5. The van der Waals surface area contributed by atoms with Crippen molar-refractivity contribution >= 4 is 23.8 Å². The SMILES string of the molecule is Cc1ccc(S(=O)(=O)OCC/C(=C/[Si](C)(C)C)c2ccccc2)cc1. The van der Waals surface area contributed by atoms with Gasteiger partial charge in [-0.15, -0.1) is 0 Å². The van der Waals surface area contributed by atoms with Gasteiger partial charge in [0.1, 0.15) is 0 Å². The van der Waals surface area contributed by atoms with E-state index in [2.05, 4.69) is 37.5 Å². The van der Waals surface area contributed by atoms with E-state index >= 15 is 0 Å². The highest BCUT2D eigenvalue weighted by Gasteiger charge is 2.17. The van der Waals surface area contributed by atoms with Gasteiger partial charge in [0.2, 0.25) is 0 Å². The van der Waals surface area contributed by atoms with E-state index in [0.717, 1.165) is 16.7 Å². The first-order valence-electron chi connectivity index (χ1n) is 8.41. The maximum atomic E-state index is 12.3. The fourth-order valence-corrected chi connectivity index (χ4v) is 4.77. The van der Waals surface area contributed by atoms with E-state index in [9.17, 15) is 8.42 Å². The molecule has 0 amide bonds. The number of hydrogen-bond donors (Lipinski definition) is 0. The van der Waals surface area contributed by atoms with Crippen molar-refractivity contribution in [2.45, 2.75) is 37.9 Å². The van der Waals surface area contributed by atoms with Gasteiger partial charge in [-0.1, -0.05) is 73.4 Å². The number of rotatable bonds is 7. The molecule has 0 aliphatic rings. The van der Waals surface area contributed by atoms with E-state index in [0.29, 0.717) is 6.42 Å². The summed E-state index contributed by atoms with van der Waals surface area (Å²) in [6, 6.07) is 16.8.